The highest BCUT2D eigenvalue weighted by Gasteiger charge is 2.17. The maximum Gasteiger partial charge on any atom is 0.0462 e. The molecule has 0 aliphatic rings. The van der Waals surface area contributed by atoms with E-state index in [1.54, 1.807) is 0 Å². The smallest absolute Gasteiger partial charge is 0.0462 e. The van der Waals surface area contributed by atoms with Crippen molar-refractivity contribution < 1.29 is 0 Å². The first-order chi connectivity index (χ1) is 29.7. The van der Waals surface area contributed by atoms with E-state index in [9.17, 15) is 0 Å². The van der Waals surface area contributed by atoms with Crippen LogP contribution in [0, 0.1) is 6.92 Å². The van der Waals surface area contributed by atoms with Crippen molar-refractivity contribution in [1.82, 2.24) is 0 Å². The van der Waals surface area contributed by atoms with Crippen LogP contribution in [-0.4, -0.2) is 0 Å². The molecule has 0 unspecified atom stereocenters. The van der Waals surface area contributed by atoms with Crippen LogP contribution in [0.3, 0.4) is 0 Å². The highest BCUT2D eigenvalue weighted by Crippen LogP contribution is 2.43. The summed E-state index contributed by atoms with van der Waals surface area (Å²) < 4.78 is 0. The van der Waals surface area contributed by atoms with Crippen LogP contribution in [0.5, 0.6) is 0 Å². The highest BCUT2D eigenvalue weighted by molar-refractivity contribution is 6.07. The number of anilines is 3. The molecule has 0 atom stereocenters. The van der Waals surface area contributed by atoms with Crippen LogP contribution in [0.15, 0.2) is 243 Å². The molecule has 0 aliphatic carbocycles. The topological polar surface area (TPSA) is 3.24 Å². The molecule has 0 aromatic heterocycles. The Morgan fingerprint density at radius 2 is 0.567 bits per heavy atom. The number of hydrogen-bond acceptors (Lipinski definition) is 1. The van der Waals surface area contributed by atoms with Gasteiger partial charge in [0.25, 0.3) is 0 Å². The molecule has 0 radical (unpaired) electrons. The van der Waals surface area contributed by atoms with E-state index in [0.29, 0.717) is 0 Å². The van der Waals surface area contributed by atoms with Crippen molar-refractivity contribution in [2.24, 2.45) is 0 Å². The molecular formula is C59H43N. The van der Waals surface area contributed by atoms with Gasteiger partial charge in [0.15, 0.2) is 0 Å². The summed E-state index contributed by atoms with van der Waals surface area (Å²) in [6.07, 6.45) is 0. The van der Waals surface area contributed by atoms with E-state index in [0.717, 1.165) is 17.1 Å². The summed E-state index contributed by atoms with van der Waals surface area (Å²) in [5, 5.41) is 2.57. The van der Waals surface area contributed by atoms with E-state index in [1.165, 1.54) is 83.1 Å². The zero-order chi connectivity index (χ0) is 40.3. The van der Waals surface area contributed by atoms with Crippen LogP contribution in [0.25, 0.3) is 77.5 Å². The maximum atomic E-state index is 2.36. The summed E-state index contributed by atoms with van der Waals surface area (Å²) in [4.78, 5) is 2.36. The lowest BCUT2D eigenvalue weighted by Gasteiger charge is -2.26. The fourth-order valence-electron chi connectivity index (χ4n) is 8.67. The van der Waals surface area contributed by atoms with Crippen LogP contribution in [0.2, 0.25) is 0 Å². The number of rotatable bonds is 9. The van der Waals surface area contributed by atoms with E-state index in [4.69, 9.17) is 0 Å². The van der Waals surface area contributed by atoms with Crippen molar-refractivity contribution >= 4 is 27.8 Å². The zero-order valence-electron chi connectivity index (χ0n) is 33.5. The van der Waals surface area contributed by atoms with Gasteiger partial charge >= 0.3 is 0 Å². The average molecular weight is 766 g/mol. The van der Waals surface area contributed by atoms with Gasteiger partial charge in [0, 0.05) is 17.1 Å². The van der Waals surface area contributed by atoms with Crippen LogP contribution >= 0.6 is 0 Å². The highest BCUT2D eigenvalue weighted by atomic mass is 15.1. The lowest BCUT2D eigenvalue weighted by Crippen LogP contribution is -2.09. The van der Waals surface area contributed by atoms with Gasteiger partial charge in [-0.3, -0.25) is 0 Å². The van der Waals surface area contributed by atoms with E-state index >= 15 is 0 Å². The molecule has 0 amide bonds. The molecule has 0 bridgehead atoms. The van der Waals surface area contributed by atoms with Gasteiger partial charge in [-0.2, -0.15) is 0 Å². The number of fused-ring (bicyclic) bond motifs is 1. The molecule has 0 spiro atoms. The molecule has 10 rings (SSSR count). The normalized spacial score (nSPS) is 11.1. The predicted molar refractivity (Wildman–Crippen MR) is 256 cm³/mol. The molecule has 1 heteroatoms. The summed E-state index contributed by atoms with van der Waals surface area (Å²) in [5.41, 5.74) is 19.1. The number of hydrogen-bond donors (Lipinski definition) is 0. The lowest BCUT2D eigenvalue weighted by molar-refractivity contribution is 1.28. The Labute approximate surface area is 353 Å². The van der Waals surface area contributed by atoms with E-state index in [2.05, 4.69) is 254 Å². The monoisotopic (exact) mass is 765 g/mol. The average Bonchev–Trinajstić information content (AvgIpc) is 3.33. The van der Waals surface area contributed by atoms with Gasteiger partial charge in [-0.1, -0.05) is 206 Å². The largest absolute Gasteiger partial charge is 0.311 e. The molecule has 60 heavy (non-hydrogen) atoms. The van der Waals surface area contributed by atoms with Crippen molar-refractivity contribution in [2.45, 2.75) is 6.92 Å². The molecule has 0 saturated carbocycles. The second-order valence-electron chi connectivity index (χ2n) is 15.3. The number of benzene rings is 10. The standard InChI is InChI=1S/C59H43N/c1-42-28-41-56(59-52(42)26-15-27-55(59)46-20-9-4-10-21-46)48-33-39-51(40-34-48)60(49-35-29-44(30-36-49)43-16-5-2-6-17-43)50-37-31-47(32-38-50)54-23-12-14-25-58(54)57-24-13-11-22-53(57)45-18-7-3-8-19-45/h2-41H,1H3. The van der Waals surface area contributed by atoms with Gasteiger partial charge in [-0.05, 0) is 126 Å². The summed E-state index contributed by atoms with van der Waals surface area (Å²) in [6, 6.07) is 87.8. The molecule has 0 aliphatic heterocycles. The minimum Gasteiger partial charge on any atom is -0.311 e. The van der Waals surface area contributed by atoms with Crippen molar-refractivity contribution in [3.8, 4) is 66.8 Å². The molecule has 10 aromatic carbocycles. The van der Waals surface area contributed by atoms with Crippen molar-refractivity contribution in [3.05, 3.63) is 248 Å². The third-order valence-corrected chi connectivity index (χ3v) is 11.7. The molecule has 0 fully saturated rings. The second-order valence-corrected chi connectivity index (χ2v) is 15.3. The van der Waals surface area contributed by atoms with E-state index < -0.39 is 0 Å². The van der Waals surface area contributed by atoms with Crippen molar-refractivity contribution in [3.63, 3.8) is 0 Å². The Morgan fingerprint density at radius 1 is 0.233 bits per heavy atom. The van der Waals surface area contributed by atoms with Gasteiger partial charge in [0.05, 0.1) is 0 Å². The Kier molecular flexibility index (Phi) is 9.91. The van der Waals surface area contributed by atoms with Gasteiger partial charge in [-0.25, -0.2) is 0 Å². The van der Waals surface area contributed by atoms with E-state index in [1.807, 2.05) is 0 Å². The Bertz CT molecular complexity index is 3040. The molecule has 284 valence electrons. The minimum atomic E-state index is 1.09. The molecule has 0 N–H and O–H groups in total. The Hall–Kier alpha value is -7.74. The summed E-state index contributed by atoms with van der Waals surface area (Å²) >= 11 is 0. The summed E-state index contributed by atoms with van der Waals surface area (Å²) in [6.45, 7) is 2.21. The Morgan fingerprint density at radius 3 is 1.07 bits per heavy atom. The first-order valence-electron chi connectivity index (χ1n) is 20.7. The fourth-order valence-corrected chi connectivity index (χ4v) is 8.67. The third-order valence-electron chi connectivity index (χ3n) is 11.7. The summed E-state index contributed by atoms with van der Waals surface area (Å²) in [7, 11) is 0. The minimum absolute atomic E-state index is 1.09. The molecular weight excluding hydrogens is 723 g/mol. The van der Waals surface area contributed by atoms with Crippen molar-refractivity contribution in [1.29, 1.82) is 0 Å². The lowest BCUT2D eigenvalue weighted by atomic mass is 9.89. The summed E-state index contributed by atoms with van der Waals surface area (Å²) in [5.74, 6) is 0. The van der Waals surface area contributed by atoms with Gasteiger partial charge < -0.3 is 4.90 Å². The van der Waals surface area contributed by atoms with Gasteiger partial charge in [-0.15, -0.1) is 0 Å². The molecule has 10 aromatic rings. The Balaban J connectivity index is 1.05. The first-order valence-corrected chi connectivity index (χ1v) is 20.7. The van der Waals surface area contributed by atoms with Crippen LogP contribution in [0.4, 0.5) is 17.1 Å². The zero-order valence-corrected chi connectivity index (χ0v) is 33.5. The van der Waals surface area contributed by atoms with Crippen LogP contribution < -0.4 is 4.90 Å². The van der Waals surface area contributed by atoms with Gasteiger partial charge in [0.2, 0.25) is 0 Å². The van der Waals surface area contributed by atoms with E-state index in [-0.39, 0.29) is 0 Å². The first kappa shape index (κ1) is 36.6. The molecule has 1 nitrogen and oxygen atoms in total. The SMILES string of the molecule is Cc1ccc(-c2ccc(N(c3ccc(-c4ccccc4)cc3)c3ccc(-c4ccccc4-c4ccccc4-c4ccccc4)cc3)cc2)c2c(-c3ccccc3)cccc12. The van der Waals surface area contributed by atoms with Crippen LogP contribution in [-0.2, 0) is 0 Å². The fraction of sp³-hybridized carbons (Fsp3) is 0.0169. The quantitative estimate of drug-likeness (QED) is 0.141. The number of aryl methyl sites for hydroxylation is 1. The number of nitrogens with zero attached hydrogens (tertiary/aromatic N) is 1. The van der Waals surface area contributed by atoms with Gasteiger partial charge in [0.1, 0.15) is 0 Å². The van der Waals surface area contributed by atoms with Crippen LogP contribution in [0.1, 0.15) is 5.56 Å². The predicted octanol–water partition coefficient (Wildman–Crippen LogP) is 16.6. The van der Waals surface area contributed by atoms with Crippen molar-refractivity contribution in [2.75, 3.05) is 4.90 Å². The molecule has 0 heterocycles. The maximum absolute atomic E-state index is 2.36. The molecule has 0 saturated heterocycles. The second kappa shape index (κ2) is 16.3. The third kappa shape index (κ3) is 7.08.